The van der Waals surface area contributed by atoms with Crippen LogP contribution in [0.15, 0.2) is 64.4 Å². The minimum Gasteiger partial charge on any atom is -0.481 e. The van der Waals surface area contributed by atoms with Gasteiger partial charge in [-0.25, -0.2) is 0 Å². The number of carboxylic acids is 1. The molecule has 0 amide bonds. The highest BCUT2D eigenvalue weighted by molar-refractivity contribution is 7.99. The fourth-order valence-electron chi connectivity index (χ4n) is 6.22. The molecule has 0 bridgehead atoms. The maximum atomic E-state index is 10.3. The molecule has 0 aliphatic carbocycles. The monoisotopic (exact) mass is 685 g/mol. The van der Waals surface area contributed by atoms with Crippen molar-refractivity contribution >= 4 is 40.7 Å². The van der Waals surface area contributed by atoms with Crippen LogP contribution in [0, 0.1) is 0 Å². The van der Waals surface area contributed by atoms with Gasteiger partial charge < -0.3 is 20.0 Å². The Morgan fingerprint density at radius 3 is 2.00 bits per heavy atom. The van der Waals surface area contributed by atoms with E-state index in [4.69, 9.17) is 21.8 Å². The van der Waals surface area contributed by atoms with Gasteiger partial charge in [-0.2, -0.15) is 0 Å². The largest absolute Gasteiger partial charge is 0.481 e. The zero-order valence-corrected chi connectivity index (χ0v) is 30.5. The molecular formula is C39H60ClN3O3S. The molecule has 0 saturated carbocycles. The van der Waals surface area contributed by atoms with Crippen molar-refractivity contribution in [2.75, 3.05) is 57.3 Å². The summed E-state index contributed by atoms with van der Waals surface area (Å²) in [4.78, 5) is 20.2. The molecule has 0 unspecified atom stereocenters. The molecule has 0 atom stereocenters. The van der Waals surface area contributed by atoms with Gasteiger partial charge in [-0.3, -0.25) is 9.69 Å². The number of benzene rings is 2. The van der Waals surface area contributed by atoms with Gasteiger partial charge in [0.05, 0.1) is 18.0 Å². The van der Waals surface area contributed by atoms with E-state index >= 15 is 0 Å². The lowest BCUT2D eigenvalue weighted by Gasteiger charge is -2.36. The number of aliphatic hydroxyl groups excluding tert-OH is 1. The minimum atomic E-state index is -0.664. The van der Waals surface area contributed by atoms with Crippen LogP contribution in [0.3, 0.4) is 0 Å². The maximum Gasteiger partial charge on any atom is 0.303 e. The first-order valence-electron chi connectivity index (χ1n) is 18.3. The maximum absolute atomic E-state index is 10.3. The summed E-state index contributed by atoms with van der Waals surface area (Å²) in [6.07, 6.45) is 22.4. The van der Waals surface area contributed by atoms with Crippen molar-refractivity contribution in [3.8, 4) is 0 Å². The van der Waals surface area contributed by atoms with E-state index in [1.165, 1.54) is 91.8 Å². The predicted octanol–water partition coefficient (Wildman–Crippen LogP) is 10.1. The molecule has 1 fully saturated rings. The second-order valence-electron chi connectivity index (χ2n) is 12.8. The van der Waals surface area contributed by atoms with E-state index < -0.39 is 5.97 Å². The summed E-state index contributed by atoms with van der Waals surface area (Å²) < 4.78 is 0. The van der Waals surface area contributed by atoms with Gasteiger partial charge >= 0.3 is 5.97 Å². The van der Waals surface area contributed by atoms with Gasteiger partial charge in [-0.15, -0.1) is 0 Å². The zero-order valence-electron chi connectivity index (χ0n) is 28.9. The highest BCUT2D eigenvalue weighted by atomic mass is 35.5. The number of aliphatic hydroxyl groups is 1. The third-order valence-corrected chi connectivity index (χ3v) is 10.3. The van der Waals surface area contributed by atoms with Gasteiger partial charge in [-0.1, -0.05) is 106 Å². The number of β-amino-alcohol motifs (C(OH)–C–C–N with tert-alkyl or cyclic N) is 1. The van der Waals surface area contributed by atoms with Crippen LogP contribution in [0.1, 0.15) is 103 Å². The molecule has 4 rings (SSSR count). The van der Waals surface area contributed by atoms with Crippen LogP contribution < -0.4 is 4.90 Å². The normalized spacial score (nSPS) is 14.9. The number of rotatable bonds is 21. The molecule has 2 aliphatic heterocycles. The van der Waals surface area contributed by atoms with E-state index in [0.29, 0.717) is 6.42 Å². The summed E-state index contributed by atoms with van der Waals surface area (Å²) in [5.41, 5.74) is 2.50. The van der Waals surface area contributed by atoms with Crippen molar-refractivity contribution in [2.45, 2.75) is 113 Å². The molecule has 262 valence electrons. The van der Waals surface area contributed by atoms with Crippen molar-refractivity contribution in [2.24, 2.45) is 0 Å². The third kappa shape index (κ3) is 15.8. The molecule has 1 saturated heterocycles. The lowest BCUT2D eigenvalue weighted by Crippen LogP contribution is -2.47. The fraction of sp³-hybridized carbons (Fsp3) is 0.615. The number of hydrogen-bond donors (Lipinski definition) is 2. The number of anilines is 2. The number of halogens is 1. The molecule has 8 heteroatoms. The SMILES string of the molecule is CCCCCCCC/C=C\CCCCCCCC(=O)O.OCCN1CCN(CCCN2c3ccccc3Sc3ccc(Cl)cc32)CC1. The Morgan fingerprint density at radius 1 is 0.745 bits per heavy atom. The number of fused-ring (bicyclic) bond motifs is 2. The summed E-state index contributed by atoms with van der Waals surface area (Å²) in [5, 5.41) is 18.4. The number of carbonyl (C=O) groups is 1. The Balaban J connectivity index is 0.000000270. The summed E-state index contributed by atoms with van der Waals surface area (Å²) in [6.45, 7) is 9.71. The molecule has 0 aromatic heterocycles. The van der Waals surface area contributed by atoms with E-state index in [2.05, 4.69) is 70.2 Å². The Kier molecular flexibility index (Phi) is 20.3. The Morgan fingerprint density at radius 2 is 1.34 bits per heavy atom. The van der Waals surface area contributed by atoms with Gasteiger partial charge in [0.1, 0.15) is 0 Å². The van der Waals surface area contributed by atoms with Gasteiger partial charge in [0.15, 0.2) is 0 Å². The van der Waals surface area contributed by atoms with Crippen LogP contribution in [0.5, 0.6) is 0 Å². The van der Waals surface area contributed by atoms with Crippen molar-refractivity contribution in [1.82, 2.24) is 9.80 Å². The second-order valence-corrected chi connectivity index (χ2v) is 14.3. The van der Waals surface area contributed by atoms with Gasteiger partial charge in [0.25, 0.3) is 0 Å². The Hall–Kier alpha value is -2.03. The van der Waals surface area contributed by atoms with E-state index in [1.54, 1.807) is 0 Å². The fourth-order valence-corrected chi connectivity index (χ4v) is 7.46. The first-order chi connectivity index (χ1) is 23.0. The summed E-state index contributed by atoms with van der Waals surface area (Å²) >= 11 is 8.12. The van der Waals surface area contributed by atoms with Crippen molar-refractivity contribution in [3.63, 3.8) is 0 Å². The van der Waals surface area contributed by atoms with Gasteiger partial charge in [0.2, 0.25) is 0 Å². The number of carboxylic acid groups (broad SMARTS) is 1. The number of nitrogens with zero attached hydrogens (tertiary/aromatic N) is 3. The molecule has 0 radical (unpaired) electrons. The lowest BCUT2D eigenvalue weighted by atomic mass is 10.1. The minimum absolute atomic E-state index is 0.258. The smallest absolute Gasteiger partial charge is 0.303 e. The summed E-state index contributed by atoms with van der Waals surface area (Å²) in [6, 6.07) is 14.8. The number of unbranched alkanes of at least 4 members (excludes halogenated alkanes) is 11. The van der Waals surface area contributed by atoms with Crippen molar-refractivity contribution < 1.29 is 15.0 Å². The standard InChI is InChI=1S/C21H26ClN3OS.C18H34O2/c22-17-6-7-21-19(16-17)25(18-4-1-2-5-20(18)27-21)9-3-8-23-10-12-24(13-11-23)14-15-26;1-2-3-4-5-6-7-8-9-10-11-12-13-14-15-16-17-18(19)20/h1-2,4-7,16,26H,3,8-15H2;9-10H,2-8,11-17H2,1H3,(H,19,20)/b;10-9-. The molecule has 2 heterocycles. The first-order valence-corrected chi connectivity index (χ1v) is 19.5. The van der Waals surface area contributed by atoms with Crippen LogP contribution in [0.4, 0.5) is 11.4 Å². The molecule has 47 heavy (non-hydrogen) atoms. The number of aliphatic carboxylic acids is 1. The first kappa shape index (κ1) is 39.4. The van der Waals surface area contributed by atoms with Crippen LogP contribution in [0.25, 0.3) is 0 Å². The van der Waals surface area contributed by atoms with Gasteiger partial charge in [0, 0.05) is 60.5 Å². The van der Waals surface area contributed by atoms with Crippen molar-refractivity contribution in [3.05, 3.63) is 59.6 Å². The second kappa shape index (κ2) is 24.2. The van der Waals surface area contributed by atoms with Crippen LogP contribution in [0.2, 0.25) is 5.02 Å². The van der Waals surface area contributed by atoms with Crippen molar-refractivity contribution in [1.29, 1.82) is 0 Å². The highest BCUT2D eigenvalue weighted by Gasteiger charge is 2.24. The van der Waals surface area contributed by atoms with Gasteiger partial charge in [-0.05, 0) is 75.4 Å². The number of hydrogen-bond acceptors (Lipinski definition) is 6. The Bertz CT molecular complexity index is 1170. The van der Waals surface area contributed by atoms with Crippen LogP contribution in [-0.4, -0.2) is 78.4 Å². The van der Waals surface area contributed by atoms with Crippen LogP contribution >= 0.6 is 23.4 Å². The van der Waals surface area contributed by atoms with E-state index in [-0.39, 0.29) is 6.61 Å². The lowest BCUT2D eigenvalue weighted by molar-refractivity contribution is -0.137. The molecule has 2 aromatic rings. The third-order valence-electron chi connectivity index (χ3n) is 8.98. The average Bonchev–Trinajstić information content (AvgIpc) is 3.07. The molecule has 2 aromatic carbocycles. The topological polar surface area (TPSA) is 67.2 Å². The van der Waals surface area contributed by atoms with E-state index in [9.17, 15) is 4.79 Å². The van der Waals surface area contributed by atoms with Crippen LogP contribution in [-0.2, 0) is 4.79 Å². The summed E-state index contributed by atoms with van der Waals surface area (Å²) in [7, 11) is 0. The molecular weight excluding hydrogens is 626 g/mol. The zero-order chi connectivity index (χ0) is 33.5. The number of para-hydroxylation sites is 1. The predicted molar refractivity (Wildman–Crippen MR) is 201 cm³/mol. The van der Waals surface area contributed by atoms with E-state index in [1.807, 2.05) is 17.8 Å². The van der Waals surface area contributed by atoms with E-state index in [0.717, 1.165) is 70.1 Å². The quantitative estimate of drug-likeness (QED) is 0.100. The average molecular weight is 686 g/mol. The number of allylic oxidation sites excluding steroid dienone is 2. The molecule has 2 N–H and O–H groups in total. The molecule has 6 nitrogen and oxygen atoms in total. The number of piperazine rings is 1. The summed E-state index contributed by atoms with van der Waals surface area (Å²) in [5.74, 6) is -0.664. The highest BCUT2D eigenvalue weighted by Crippen LogP contribution is 2.48. The molecule has 0 spiro atoms. The Labute approximate surface area is 294 Å². The molecule has 2 aliphatic rings.